The molecule has 22 heavy (non-hydrogen) atoms. The molecular formula is C15H24N2O4S. The second-order valence-electron chi connectivity index (χ2n) is 5.83. The minimum absolute atomic E-state index is 0.215. The summed E-state index contributed by atoms with van der Waals surface area (Å²) >= 11 is 0. The fourth-order valence-corrected chi connectivity index (χ4v) is 3.89. The first-order valence-corrected chi connectivity index (χ1v) is 9.00. The summed E-state index contributed by atoms with van der Waals surface area (Å²) in [5, 5.41) is 21.0. The Morgan fingerprint density at radius 1 is 1.27 bits per heavy atom. The number of aliphatic hydroxyl groups excluding tert-OH is 2. The van der Waals surface area contributed by atoms with Gasteiger partial charge in [-0.15, -0.1) is 0 Å². The summed E-state index contributed by atoms with van der Waals surface area (Å²) in [7, 11) is -3.42. The van der Waals surface area contributed by atoms with E-state index in [2.05, 4.69) is 12.2 Å². The van der Waals surface area contributed by atoms with Gasteiger partial charge >= 0.3 is 0 Å². The average Bonchev–Trinajstić information content (AvgIpc) is 2.53. The van der Waals surface area contributed by atoms with Gasteiger partial charge < -0.3 is 15.5 Å². The van der Waals surface area contributed by atoms with E-state index in [1.54, 1.807) is 28.6 Å². The highest BCUT2D eigenvalue weighted by atomic mass is 32.2. The maximum absolute atomic E-state index is 12.6. The second kappa shape index (κ2) is 7.41. The van der Waals surface area contributed by atoms with Crippen molar-refractivity contribution in [2.24, 2.45) is 5.92 Å². The molecule has 1 fully saturated rings. The number of anilines is 1. The molecule has 1 saturated heterocycles. The molecule has 124 valence electrons. The van der Waals surface area contributed by atoms with Crippen LogP contribution in [0.1, 0.15) is 19.8 Å². The minimum atomic E-state index is -3.42. The van der Waals surface area contributed by atoms with Crippen LogP contribution in [0.3, 0.4) is 0 Å². The van der Waals surface area contributed by atoms with E-state index < -0.39 is 16.1 Å². The van der Waals surface area contributed by atoms with Crippen molar-refractivity contribution < 1.29 is 18.6 Å². The lowest BCUT2D eigenvalue weighted by Gasteiger charge is -2.29. The molecule has 1 aromatic carbocycles. The van der Waals surface area contributed by atoms with Crippen molar-refractivity contribution >= 4 is 15.7 Å². The van der Waals surface area contributed by atoms with Crippen molar-refractivity contribution in [1.29, 1.82) is 0 Å². The quantitative estimate of drug-likeness (QED) is 0.721. The molecule has 0 bridgehead atoms. The van der Waals surface area contributed by atoms with Gasteiger partial charge in [0, 0.05) is 25.3 Å². The van der Waals surface area contributed by atoms with Gasteiger partial charge in [0.1, 0.15) is 0 Å². The molecule has 1 aliphatic rings. The number of aliphatic hydroxyl groups is 2. The Morgan fingerprint density at radius 2 is 1.86 bits per heavy atom. The molecule has 0 radical (unpaired) electrons. The molecular weight excluding hydrogens is 304 g/mol. The molecule has 1 unspecified atom stereocenters. The van der Waals surface area contributed by atoms with Crippen LogP contribution in [0, 0.1) is 5.92 Å². The summed E-state index contributed by atoms with van der Waals surface area (Å²) in [5.41, 5.74) is 0.707. The molecule has 0 aromatic heterocycles. The first kappa shape index (κ1) is 17.2. The number of nitrogens with zero attached hydrogens (tertiary/aromatic N) is 1. The summed E-state index contributed by atoms with van der Waals surface area (Å²) in [5.74, 6) is 0.580. The Kier molecular flexibility index (Phi) is 5.80. The first-order valence-electron chi connectivity index (χ1n) is 7.56. The third kappa shape index (κ3) is 4.19. The Bertz CT molecular complexity index is 566. The van der Waals surface area contributed by atoms with Gasteiger partial charge in [0.15, 0.2) is 0 Å². The summed E-state index contributed by atoms with van der Waals surface area (Å²) in [6.07, 6.45) is 0.967. The van der Waals surface area contributed by atoms with Gasteiger partial charge in [-0.1, -0.05) is 6.92 Å². The summed E-state index contributed by atoms with van der Waals surface area (Å²) in [6, 6.07) is 6.48. The van der Waals surface area contributed by atoms with Gasteiger partial charge in [-0.3, -0.25) is 0 Å². The molecule has 1 heterocycles. The van der Waals surface area contributed by atoms with Crippen molar-refractivity contribution in [2.75, 3.05) is 31.6 Å². The zero-order valence-corrected chi connectivity index (χ0v) is 13.6. The number of piperidine rings is 1. The number of benzene rings is 1. The molecule has 6 nitrogen and oxygen atoms in total. The molecule has 0 aliphatic carbocycles. The lowest BCUT2D eigenvalue weighted by molar-refractivity contribution is 0.105. The summed E-state index contributed by atoms with van der Waals surface area (Å²) in [4.78, 5) is 0.287. The summed E-state index contributed by atoms with van der Waals surface area (Å²) in [6.45, 7) is 3.20. The molecule has 3 N–H and O–H groups in total. The third-order valence-electron chi connectivity index (χ3n) is 3.99. The van der Waals surface area contributed by atoms with Crippen LogP contribution in [-0.2, 0) is 10.0 Å². The van der Waals surface area contributed by atoms with Crippen LogP contribution in [0.25, 0.3) is 0 Å². The Hall–Kier alpha value is -1.15. The topological polar surface area (TPSA) is 89.9 Å². The van der Waals surface area contributed by atoms with Gasteiger partial charge in [0.2, 0.25) is 10.0 Å². The Balaban J connectivity index is 2.02. The fraction of sp³-hybridized carbons (Fsp3) is 0.600. The van der Waals surface area contributed by atoms with Crippen LogP contribution in [0.5, 0.6) is 0 Å². The predicted molar refractivity (Wildman–Crippen MR) is 85.2 cm³/mol. The van der Waals surface area contributed by atoms with Crippen LogP contribution in [0.15, 0.2) is 29.2 Å². The van der Waals surface area contributed by atoms with Gasteiger partial charge in [-0.25, -0.2) is 8.42 Å². The van der Waals surface area contributed by atoms with Crippen LogP contribution >= 0.6 is 0 Å². The highest BCUT2D eigenvalue weighted by Gasteiger charge is 2.27. The largest absolute Gasteiger partial charge is 0.394 e. The summed E-state index contributed by atoms with van der Waals surface area (Å²) < 4.78 is 26.6. The molecule has 1 aromatic rings. The van der Waals surface area contributed by atoms with Gasteiger partial charge in [-0.05, 0) is 43.0 Å². The van der Waals surface area contributed by atoms with Crippen molar-refractivity contribution in [3.63, 3.8) is 0 Å². The molecule has 2 rings (SSSR count). The van der Waals surface area contributed by atoms with Crippen molar-refractivity contribution in [3.05, 3.63) is 24.3 Å². The van der Waals surface area contributed by atoms with Crippen LogP contribution < -0.4 is 5.32 Å². The first-order chi connectivity index (χ1) is 10.4. The lowest BCUT2D eigenvalue weighted by Crippen LogP contribution is -2.37. The van der Waals surface area contributed by atoms with Crippen molar-refractivity contribution in [2.45, 2.75) is 30.8 Å². The Labute approximate surface area is 131 Å². The monoisotopic (exact) mass is 328 g/mol. The van der Waals surface area contributed by atoms with Gasteiger partial charge in [0.05, 0.1) is 17.6 Å². The standard InChI is InChI=1S/C15H24N2O4S/c1-12-6-8-17(9-7-12)22(20,21)15-4-2-13(3-5-15)16-10-14(19)11-18/h2-5,12,14,16,18-19H,6-11H2,1H3. The van der Waals surface area contributed by atoms with Crippen LogP contribution in [-0.4, -0.2) is 55.3 Å². The minimum Gasteiger partial charge on any atom is -0.394 e. The van der Waals surface area contributed by atoms with E-state index in [-0.39, 0.29) is 18.0 Å². The molecule has 0 saturated carbocycles. The molecule has 1 aliphatic heterocycles. The van der Waals surface area contributed by atoms with E-state index in [0.717, 1.165) is 12.8 Å². The average molecular weight is 328 g/mol. The maximum atomic E-state index is 12.6. The van der Waals surface area contributed by atoms with Crippen LogP contribution in [0.4, 0.5) is 5.69 Å². The number of rotatable bonds is 6. The van der Waals surface area contributed by atoms with Crippen molar-refractivity contribution in [3.8, 4) is 0 Å². The van der Waals surface area contributed by atoms with Crippen molar-refractivity contribution in [1.82, 2.24) is 4.31 Å². The van der Waals surface area contributed by atoms with E-state index in [0.29, 0.717) is 24.7 Å². The molecule has 7 heteroatoms. The molecule has 1 atom stereocenters. The number of hydrogen-bond donors (Lipinski definition) is 3. The van der Waals surface area contributed by atoms with Gasteiger partial charge in [0.25, 0.3) is 0 Å². The number of nitrogens with one attached hydrogen (secondary N) is 1. The number of sulfonamides is 1. The number of hydrogen-bond acceptors (Lipinski definition) is 5. The predicted octanol–water partition coefficient (Wildman–Crippen LogP) is 0.872. The zero-order valence-electron chi connectivity index (χ0n) is 12.8. The smallest absolute Gasteiger partial charge is 0.243 e. The lowest BCUT2D eigenvalue weighted by atomic mass is 10.0. The molecule has 0 amide bonds. The van der Waals surface area contributed by atoms with E-state index in [1.165, 1.54) is 0 Å². The Morgan fingerprint density at radius 3 is 2.41 bits per heavy atom. The fourth-order valence-electron chi connectivity index (χ4n) is 2.42. The highest BCUT2D eigenvalue weighted by Crippen LogP contribution is 2.24. The van der Waals surface area contributed by atoms with E-state index in [4.69, 9.17) is 5.11 Å². The van der Waals surface area contributed by atoms with E-state index >= 15 is 0 Å². The SMILES string of the molecule is CC1CCN(S(=O)(=O)c2ccc(NCC(O)CO)cc2)CC1. The van der Waals surface area contributed by atoms with Gasteiger partial charge in [-0.2, -0.15) is 4.31 Å². The van der Waals surface area contributed by atoms with E-state index in [9.17, 15) is 13.5 Å². The highest BCUT2D eigenvalue weighted by molar-refractivity contribution is 7.89. The molecule has 0 spiro atoms. The maximum Gasteiger partial charge on any atom is 0.243 e. The zero-order chi connectivity index (χ0) is 16.2. The van der Waals surface area contributed by atoms with E-state index in [1.807, 2.05) is 0 Å². The third-order valence-corrected chi connectivity index (χ3v) is 5.90. The van der Waals surface area contributed by atoms with Crippen LogP contribution in [0.2, 0.25) is 0 Å². The second-order valence-corrected chi connectivity index (χ2v) is 7.77. The normalized spacial score (nSPS) is 19.0.